The molecule has 1 heterocycles. The van der Waals surface area contributed by atoms with Crippen molar-refractivity contribution in [3.63, 3.8) is 0 Å². The third kappa shape index (κ3) is 4.84. The van der Waals surface area contributed by atoms with Crippen molar-refractivity contribution in [1.82, 2.24) is 4.57 Å². The van der Waals surface area contributed by atoms with E-state index >= 15 is 0 Å². The number of carbonyl (C=O) groups excluding carboxylic acids is 1. The van der Waals surface area contributed by atoms with Gasteiger partial charge >= 0.3 is 0 Å². The first-order valence-corrected chi connectivity index (χ1v) is 9.31. The number of aromatic nitrogens is 1. The second-order valence-corrected chi connectivity index (χ2v) is 6.96. The standard InChI is InChI=1S/C20H29N3O3/c1-5-6-7-8-11-23-17-13-15(26-4)9-10-16(17)19(20(23)25)22-21-18(24)12-14(2)3/h9-10,13-14,25H,5-8,11-12H2,1-4H3. The average Bonchev–Trinajstić information content (AvgIpc) is 2.87. The van der Waals surface area contributed by atoms with Crippen LogP contribution in [0.3, 0.4) is 0 Å². The number of azo groups is 1. The summed E-state index contributed by atoms with van der Waals surface area (Å²) in [5.41, 5.74) is 1.18. The molecule has 26 heavy (non-hydrogen) atoms. The molecule has 0 atom stereocenters. The second-order valence-electron chi connectivity index (χ2n) is 6.96. The van der Waals surface area contributed by atoms with Crippen molar-refractivity contribution in [3.8, 4) is 11.6 Å². The van der Waals surface area contributed by atoms with Crippen LogP contribution in [-0.2, 0) is 11.3 Å². The van der Waals surface area contributed by atoms with Gasteiger partial charge in [0.1, 0.15) is 5.75 Å². The van der Waals surface area contributed by atoms with Crippen LogP contribution in [0, 0.1) is 5.92 Å². The van der Waals surface area contributed by atoms with Crippen molar-refractivity contribution in [2.45, 2.75) is 59.4 Å². The molecule has 0 saturated heterocycles. The van der Waals surface area contributed by atoms with Gasteiger partial charge in [-0.1, -0.05) is 40.0 Å². The quantitative estimate of drug-likeness (QED) is 0.468. The predicted molar refractivity (Wildman–Crippen MR) is 103 cm³/mol. The lowest BCUT2D eigenvalue weighted by atomic mass is 10.1. The molecule has 6 nitrogen and oxygen atoms in total. The van der Waals surface area contributed by atoms with E-state index in [9.17, 15) is 9.90 Å². The SMILES string of the molecule is CCCCCCn1c(O)c(N=NC(=O)CC(C)C)c2ccc(OC)cc21. The molecule has 0 aliphatic rings. The van der Waals surface area contributed by atoms with E-state index in [0.717, 1.165) is 30.2 Å². The van der Waals surface area contributed by atoms with Gasteiger partial charge in [0.15, 0.2) is 5.69 Å². The van der Waals surface area contributed by atoms with E-state index < -0.39 is 0 Å². The highest BCUT2D eigenvalue weighted by atomic mass is 16.5. The zero-order chi connectivity index (χ0) is 19.1. The Kier molecular flexibility index (Phi) is 7.18. The topological polar surface area (TPSA) is 76.2 Å². The highest BCUT2D eigenvalue weighted by Gasteiger charge is 2.17. The first kappa shape index (κ1) is 19.9. The van der Waals surface area contributed by atoms with E-state index in [4.69, 9.17) is 4.74 Å². The summed E-state index contributed by atoms with van der Waals surface area (Å²) >= 11 is 0. The third-order valence-corrected chi connectivity index (χ3v) is 4.30. The minimum absolute atomic E-state index is 0.0471. The van der Waals surface area contributed by atoms with Crippen molar-refractivity contribution in [2.24, 2.45) is 16.1 Å². The largest absolute Gasteiger partial charge is 0.497 e. The summed E-state index contributed by atoms with van der Waals surface area (Å²) in [6, 6.07) is 5.54. The molecule has 1 aromatic heterocycles. The number of rotatable bonds is 9. The van der Waals surface area contributed by atoms with E-state index in [2.05, 4.69) is 17.2 Å². The van der Waals surface area contributed by atoms with E-state index in [-0.39, 0.29) is 17.7 Å². The Hall–Kier alpha value is -2.37. The minimum Gasteiger partial charge on any atom is -0.497 e. The monoisotopic (exact) mass is 359 g/mol. The van der Waals surface area contributed by atoms with Gasteiger partial charge < -0.3 is 14.4 Å². The van der Waals surface area contributed by atoms with E-state index in [1.807, 2.05) is 36.6 Å². The highest BCUT2D eigenvalue weighted by Crippen LogP contribution is 2.40. The number of hydrogen-bond acceptors (Lipinski definition) is 4. The number of methoxy groups -OCH3 is 1. The number of ether oxygens (including phenoxy) is 1. The third-order valence-electron chi connectivity index (χ3n) is 4.30. The van der Waals surface area contributed by atoms with Gasteiger partial charge in [-0.25, -0.2) is 0 Å². The van der Waals surface area contributed by atoms with E-state index in [1.165, 1.54) is 6.42 Å². The highest BCUT2D eigenvalue weighted by molar-refractivity contribution is 5.96. The molecule has 1 amide bonds. The number of aryl methyl sites for hydroxylation is 1. The van der Waals surface area contributed by atoms with Crippen LogP contribution in [0.2, 0.25) is 0 Å². The number of nitrogens with zero attached hydrogens (tertiary/aromatic N) is 3. The first-order chi connectivity index (χ1) is 12.5. The molecular formula is C20H29N3O3. The van der Waals surface area contributed by atoms with Gasteiger partial charge in [0.2, 0.25) is 5.88 Å². The Morgan fingerprint density at radius 2 is 2.04 bits per heavy atom. The number of carbonyl (C=O) groups is 1. The summed E-state index contributed by atoms with van der Waals surface area (Å²) in [5.74, 6) is 0.700. The van der Waals surface area contributed by atoms with Crippen LogP contribution in [0.25, 0.3) is 10.9 Å². The van der Waals surface area contributed by atoms with Crippen LogP contribution in [0.4, 0.5) is 5.69 Å². The molecule has 1 N–H and O–H groups in total. The van der Waals surface area contributed by atoms with Crippen molar-refractivity contribution < 1.29 is 14.6 Å². The van der Waals surface area contributed by atoms with Gasteiger partial charge in [-0.2, -0.15) is 0 Å². The average molecular weight is 359 g/mol. The van der Waals surface area contributed by atoms with Gasteiger partial charge in [0.25, 0.3) is 5.91 Å². The van der Waals surface area contributed by atoms with Crippen LogP contribution in [0.1, 0.15) is 52.9 Å². The number of aromatic hydroxyl groups is 1. The Morgan fingerprint density at radius 1 is 1.27 bits per heavy atom. The molecule has 0 radical (unpaired) electrons. The molecule has 2 aromatic rings. The molecule has 0 aliphatic heterocycles. The van der Waals surface area contributed by atoms with Gasteiger partial charge in [0, 0.05) is 24.4 Å². The van der Waals surface area contributed by atoms with Crippen LogP contribution in [-0.4, -0.2) is 22.7 Å². The maximum absolute atomic E-state index is 11.9. The van der Waals surface area contributed by atoms with Crippen LogP contribution in [0.15, 0.2) is 28.4 Å². The number of unbranched alkanes of at least 4 members (excludes halogenated alkanes) is 3. The lowest BCUT2D eigenvalue weighted by molar-refractivity contribution is -0.118. The summed E-state index contributed by atoms with van der Waals surface area (Å²) in [4.78, 5) is 11.9. The maximum Gasteiger partial charge on any atom is 0.265 e. The van der Waals surface area contributed by atoms with E-state index in [0.29, 0.717) is 24.4 Å². The molecular weight excluding hydrogens is 330 g/mol. The molecule has 2 rings (SSSR count). The summed E-state index contributed by atoms with van der Waals surface area (Å²) in [6.45, 7) is 6.77. The predicted octanol–water partition coefficient (Wildman–Crippen LogP) is 5.59. The number of amides is 1. The van der Waals surface area contributed by atoms with Crippen LogP contribution >= 0.6 is 0 Å². The Bertz CT molecular complexity index is 778. The molecule has 0 bridgehead atoms. The summed E-state index contributed by atoms with van der Waals surface area (Å²) < 4.78 is 7.14. The van der Waals surface area contributed by atoms with Gasteiger partial charge in [-0.15, -0.1) is 10.2 Å². The summed E-state index contributed by atoms with van der Waals surface area (Å²) in [5, 5.41) is 19.3. The molecule has 1 aromatic carbocycles. The normalized spacial score (nSPS) is 11.7. The van der Waals surface area contributed by atoms with Crippen molar-refractivity contribution in [1.29, 1.82) is 0 Å². The van der Waals surface area contributed by atoms with Gasteiger partial charge in [0.05, 0.1) is 12.6 Å². The molecule has 0 aliphatic carbocycles. The lowest BCUT2D eigenvalue weighted by Crippen LogP contribution is -1.98. The summed E-state index contributed by atoms with van der Waals surface area (Å²) in [7, 11) is 1.61. The van der Waals surface area contributed by atoms with Crippen molar-refractivity contribution >= 4 is 22.5 Å². The van der Waals surface area contributed by atoms with Gasteiger partial charge in [-0.05, 0) is 24.5 Å². The molecule has 0 unspecified atom stereocenters. The Labute approximate surface area is 154 Å². The molecule has 0 saturated carbocycles. The molecule has 6 heteroatoms. The van der Waals surface area contributed by atoms with Crippen LogP contribution < -0.4 is 4.74 Å². The number of benzene rings is 1. The Balaban J connectivity index is 2.38. The zero-order valence-electron chi connectivity index (χ0n) is 16.2. The Morgan fingerprint density at radius 3 is 2.69 bits per heavy atom. The van der Waals surface area contributed by atoms with Crippen molar-refractivity contribution in [3.05, 3.63) is 18.2 Å². The fraction of sp³-hybridized carbons (Fsp3) is 0.550. The van der Waals surface area contributed by atoms with Crippen LogP contribution in [0.5, 0.6) is 11.6 Å². The molecule has 142 valence electrons. The van der Waals surface area contributed by atoms with Gasteiger partial charge in [-0.3, -0.25) is 4.79 Å². The van der Waals surface area contributed by atoms with E-state index in [1.54, 1.807) is 7.11 Å². The molecule has 0 spiro atoms. The van der Waals surface area contributed by atoms with Crippen molar-refractivity contribution in [2.75, 3.05) is 7.11 Å². The zero-order valence-corrected chi connectivity index (χ0v) is 16.2. The second kappa shape index (κ2) is 9.36. The smallest absolute Gasteiger partial charge is 0.265 e. The maximum atomic E-state index is 11.9. The summed E-state index contributed by atoms with van der Waals surface area (Å²) in [6.07, 6.45) is 4.73. The fourth-order valence-electron chi connectivity index (χ4n) is 2.94. The number of hydrogen-bond donors (Lipinski definition) is 1. The molecule has 0 fully saturated rings. The number of fused-ring (bicyclic) bond motifs is 1. The first-order valence-electron chi connectivity index (χ1n) is 9.31. The lowest BCUT2D eigenvalue weighted by Gasteiger charge is -2.07. The minimum atomic E-state index is -0.281. The fourth-order valence-corrected chi connectivity index (χ4v) is 2.94.